The predicted octanol–water partition coefficient (Wildman–Crippen LogP) is 0.976. The summed E-state index contributed by atoms with van der Waals surface area (Å²) in [6.45, 7) is 3.32. The van der Waals surface area contributed by atoms with E-state index < -0.39 is 10.0 Å². The van der Waals surface area contributed by atoms with E-state index in [0.29, 0.717) is 5.56 Å². The van der Waals surface area contributed by atoms with Crippen molar-refractivity contribution in [1.29, 1.82) is 0 Å². The summed E-state index contributed by atoms with van der Waals surface area (Å²) in [6, 6.07) is 2.87. The largest absolute Gasteiger partial charge is 0.495 e. The number of ether oxygens (including phenoxy) is 1. The molecule has 0 amide bonds. The molecule has 21 heavy (non-hydrogen) atoms. The first-order valence-corrected chi connectivity index (χ1v) is 8.02. The fraction of sp³-hybridized carbons (Fsp3) is 0.385. The number of nitrogens with two attached hydrogens (primary N) is 1. The molecule has 0 atom stereocenters. The number of aliphatic hydroxyl groups excluding tert-OH is 1. The van der Waals surface area contributed by atoms with Crippen LogP contribution < -0.4 is 10.5 Å². The number of hydrogen-bond donors (Lipinski definition) is 2. The van der Waals surface area contributed by atoms with Gasteiger partial charge in [0.15, 0.2) is 0 Å². The molecule has 1 aromatic rings. The molecular weight excluding hydrogens is 316 g/mol. The van der Waals surface area contributed by atoms with Gasteiger partial charge in [0.1, 0.15) is 10.6 Å². The van der Waals surface area contributed by atoms with Gasteiger partial charge in [-0.05, 0) is 12.1 Å². The lowest BCUT2D eigenvalue weighted by Crippen LogP contribution is -2.34. The number of methoxy groups -OCH3 is 1. The third kappa shape index (κ3) is 3.96. The van der Waals surface area contributed by atoms with Gasteiger partial charge in [-0.25, -0.2) is 8.42 Å². The number of rotatable bonds is 8. The van der Waals surface area contributed by atoms with Gasteiger partial charge in [0, 0.05) is 30.2 Å². The second-order valence-electron chi connectivity index (χ2n) is 4.18. The second-order valence-corrected chi connectivity index (χ2v) is 6.52. The molecule has 1 aromatic carbocycles. The van der Waals surface area contributed by atoms with Crippen LogP contribution >= 0.6 is 11.6 Å². The van der Waals surface area contributed by atoms with Gasteiger partial charge in [0.25, 0.3) is 0 Å². The highest BCUT2D eigenvalue weighted by molar-refractivity contribution is 7.89. The Morgan fingerprint density at radius 1 is 1.52 bits per heavy atom. The molecule has 0 aliphatic heterocycles. The van der Waals surface area contributed by atoms with Crippen molar-refractivity contribution < 1.29 is 18.3 Å². The lowest BCUT2D eigenvalue weighted by molar-refractivity contribution is 0.260. The topological polar surface area (TPSA) is 92.9 Å². The van der Waals surface area contributed by atoms with Gasteiger partial charge in [-0.15, -0.1) is 6.58 Å². The van der Waals surface area contributed by atoms with Gasteiger partial charge >= 0.3 is 0 Å². The van der Waals surface area contributed by atoms with Crippen molar-refractivity contribution in [1.82, 2.24) is 4.31 Å². The minimum Gasteiger partial charge on any atom is -0.495 e. The summed E-state index contributed by atoms with van der Waals surface area (Å²) in [5.41, 5.74) is 6.09. The molecule has 0 unspecified atom stereocenters. The molecule has 0 aliphatic carbocycles. The Morgan fingerprint density at radius 3 is 2.67 bits per heavy atom. The summed E-state index contributed by atoms with van der Waals surface area (Å²) < 4.78 is 31.7. The van der Waals surface area contributed by atoms with Crippen LogP contribution in [0.4, 0.5) is 0 Å². The minimum absolute atomic E-state index is 0.0536. The quantitative estimate of drug-likeness (QED) is 0.691. The summed E-state index contributed by atoms with van der Waals surface area (Å²) in [5, 5.41) is 9.29. The van der Waals surface area contributed by atoms with E-state index >= 15 is 0 Å². The van der Waals surface area contributed by atoms with Crippen LogP contribution in [0.5, 0.6) is 5.75 Å². The molecule has 0 aromatic heterocycles. The molecule has 0 aliphatic rings. The zero-order chi connectivity index (χ0) is 16.0. The number of nitrogens with zero attached hydrogens (tertiary/aromatic N) is 1. The van der Waals surface area contributed by atoms with Gasteiger partial charge in [-0.1, -0.05) is 17.7 Å². The SMILES string of the molecule is C=CCN(CCO)S(=O)(=O)c1cc(Cl)cc(CN)c1OC. The van der Waals surface area contributed by atoms with Crippen molar-refractivity contribution in [2.75, 3.05) is 26.8 Å². The monoisotopic (exact) mass is 334 g/mol. The van der Waals surface area contributed by atoms with Gasteiger partial charge < -0.3 is 15.6 Å². The molecule has 8 heteroatoms. The summed E-state index contributed by atoms with van der Waals surface area (Å²) in [6.07, 6.45) is 1.44. The Bertz CT molecular complexity index is 604. The van der Waals surface area contributed by atoms with Gasteiger partial charge in [-0.2, -0.15) is 4.31 Å². The van der Waals surface area contributed by atoms with E-state index in [-0.39, 0.29) is 41.9 Å². The standard InChI is InChI=1S/C13H19ClN2O4S/c1-3-4-16(5-6-17)21(18,19)12-8-11(14)7-10(9-15)13(12)20-2/h3,7-8,17H,1,4-6,9,15H2,2H3. The van der Waals surface area contributed by atoms with Gasteiger partial charge in [-0.3, -0.25) is 0 Å². The number of sulfonamides is 1. The highest BCUT2D eigenvalue weighted by atomic mass is 35.5. The molecule has 118 valence electrons. The van der Waals surface area contributed by atoms with E-state index in [1.165, 1.54) is 19.3 Å². The molecule has 0 radical (unpaired) electrons. The molecule has 0 bridgehead atoms. The zero-order valence-corrected chi connectivity index (χ0v) is 13.3. The Kier molecular flexibility index (Phi) is 6.63. The maximum absolute atomic E-state index is 12.7. The third-order valence-corrected chi connectivity index (χ3v) is 4.91. The lowest BCUT2D eigenvalue weighted by atomic mass is 10.2. The van der Waals surface area contributed by atoms with E-state index in [9.17, 15) is 8.42 Å². The molecule has 6 nitrogen and oxygen atoms in total. The molecule has 0 saturated carbocycles. The summed E-state index contributed by atoms with van der Waals surface area (Å²) in [5.74, 6) is 0.161. The van der Waals surface area contributed by atoms with Crippen LogP contribution in [0.3, 0.4) is 0 Å². The van der Waals surface area contributed by atoms with E-state index in [1.807, 2.05) is 0 Å². The molecule has 3 N–H and O–H groups in total. The molecule has 0 heterocycles. The Morgan fingerprint density at radius 2 is 2.19 bits per heavy atom. The van der Waals surface area contributed by atoms with Crippen LogP contribution in [0, 0.1) is 0 Å². The van der Waals surface area contributed by atoms with Crippen LogP contribution in [-0.2, 0) is 16.6 Å². The van der Waals surface area contributed by atoms with E-state index in [4.69, 9.17) is 27.2 Å². The number of benzene rings is 1. The zero-order valence-electron chi connectivity index (χ0n) is 11.8. The first-order valence-electron chi connectivity index (χ1n) is 6.20. The van der Waals surface area contributed by atoms with Gasteiger partial charge in [0.05, 0.1) is 13.7 Å². The summed E-state index contributed by atoms with van der Waals surface area (Å²) in [7, 11) is -2.52. The van der Waals surface area contributed by atoms with E-state index in [2.05, 4.69) is 6.58 Å². The normalized spacial score (nSPS) is 11.7. The molecule has 0 spiro atoms. The lowest BCUT2D eigenvalue weighted by Gasteiger charge is -2.22. The highest BCUT2D eigenvalue weighted by Crippen LogP contribution is 2.33. The van der Waals surface area contributed by atoms with Crippen molar-refractivity contribution in [2.24, 2.45) is 5.73 Å². The first kappa shape index (κ1) is 17.9. The molecule has 0 fully saturated rings. The van der Waals surface area contributed by atoms with E-state index in [1.54, 1.807) is 6.07 Å². The van der Waals surface area contributed by atoms with Gasteiger partial charge in [0.2, 0.25) is 10.0 Å². The summed E-state index contributed by atoms with van der Waals surface area (Å²) in [4.78, 5) is -0.0757. The van der Waals surface area contributed by atoms with Crippen LogP contribution in [0.25, 0.3) is 0 Å². The van der Waals surface area contributed by atoms with Crippen molar-refractivity contribution in [3.63, 3.8) is 0 Å². The van der Waals surface area contributed by atoms with Crippen LogP contribution in [0.15, 0.2) is 29.7 Å². The van der Waals surface area contributed by atoms with E-state index in [0.717, 1.165) is 4.31 Å². The minimum atomic E-state index is -3.89. The first-order chi connectivity index (χ1) is 9.92. The number of halogens is 1. The Labute approximate surface area is 129 Å². The fourth-order valence-corrected chi connectivity index (χ4v) is 3.83. The van der Waals surface area contributed by atoms with Crippen LogP contribution in [-0.4, -0.2) is 44.6 Å². The Hall–Kier alpha value is -1.12. The average molecular weight is 335 g/mol. The highest BCUT2D eigenvalue weighted by Gasteiger charge is 2.28. The van der Waals surface area contributed by atoms with Crippen molar-refractivity contribution in [3.05, 3.63) is 35.4 Å². The summed E-state index contributed by atoms with van der Waals surface area (Å²) >= 11 is 5.96. The fourth-order valence-electron chi connectivity index (χ4n) is 1.90. The van der Waals surface area contributed by atoms with Crippen LogP contribution in [0.1, 0.15) is 5.56 Å². The average Bonchev–Trinajstić information content (AvgIpc) is 2.45. The molecule has 0 saturated heterocycles. The predicted molar refractivity (Wildman–Crippen MR) is 81.9 cm³/mol. The number of aliphatic hydroxyl groups is 1. The maximum atomic E-state index is 12.7. The van der Waals surface area contributed by atoms with Crippen molar-refractivity contribution in [3.8, 4) is 5.75 Å². The second kappa shape index (κ2) is 7.77. The molecular formula is C13H19ClN2O4S. The third-order valence-electron chi connectivity index (χ3n) is 2.82. The molecule has 1 rings (SSSR count). The number of hydrogen-bond acceptors (Lipinski definition) is 5. The van der Waals surface area contributed by atoms with Crippen LogP contribution in [0.2, 0.25) is 5.02 Å². The Balaban J connectivity index is 3.48. The maximum Gasteiger partial charge on any atom is 0.247 e. The van der Waals surface area contributed by atoms with Crippen molar-refractivity contribution in [2.45, 2.75) is 11.4 Å². The smallest absolute Gasteiger partial charge is 0.247 e. The van der Waals surface area contributed by atoms with Crippen molar-refractivity contribution >= 4 is 21.6 Å².